The topological polar surface area (TPSA) is 9.23 Å². The Labute approximate surface area is 65.9 Å². The molecule has 0 fully saturated rings. The molecular weight excluding hydrogens is 131 g/mol. The summed E-state index contributed by atoms with van der Waals surface area (Å²) in [5.41, 5.74) is 0.441. The van der Waals surface area contributed by atoms with Crippen LogP contribution in [0.1, 0.15) is 20.3 Å². The molecule has 0 heterocycles. The van der Waals surface area contributed by atoms with Crippen LogP contribution in [-0.4, -0.2) is 22.7 Å². The van der Waals surface area contributed by atoms with Crippen molar-refractivity contribution in [2.24, 2.45) is 5.92 Å². The van der Waals surface area contributed by atoms with Crippen LogP contribution in [0.25, 0.3) is 0 Å². The van der Waals surface area contributed by atoms with Crippen LogP contribution in [0.4, 0.5) is 0 Å². The molecule has 1 atom stereocenters. The molecule has 54 valence electrons. The highest BCUT2D eigenvalue weighted by Crippen LogP contribution is 2.06. The zero-order valence-corrected chi connectivity index (χ0v) is 6.91. The summed E-state index contributed by atoms with van der Waals surface area (Å²) in [7, 11) is -0.767. The molecule has 0 aromatic rings. The summed E-state index contributed by atoms with van der Waals surface area (Å²) in [6.45, 7) is 4.98. The van der Waals surface area contributed by atoms with Gasteiger partial charge in [0.15, 0.2) is 0 Å². The van der Waals surface area contributed by atoms with Crippen molar-refractivity contribution in [2.75, 3.05) is 12.3 Å². The van der Waals surface area contributed by atoms with Crippen LogP contribution in [0, 0.1) is 5.92 Å². The summed E-state index contributed by atoms with van der Waals surface area (Å²) >= 11 is 1.23. The van der Waals surface area contributed by atoms with E-state index in [1.54, 1.807) is 0 Å². The fraction of sp³-hybridized carbons (Fsp3) is 1.00. The highest BCUT2D eigenvalue weighted by Gasteiger charge is 1.96. The molecule has 0 radical (unpaired) electrons. The summed E-state index contributed by atoms with van der Waals surface area (Å²) in [6, 6.07) is 0. The number of rotatable bonds is 6. The van der Waals surface area contributed by atoms with E-state index in [0.29, 0.717) is 11.6 Å². The Bertz CT molecular complexity index is 94.7. The van der Waals surface area contributed by atoms with Crippen molar-refractivity contribution in [3.8, 4) is 0 Å². The van der Waals surface area contributed by atoms with Crippen molar-refractivity contribution < 1.29 is 4.18 Å². The van der Waals surface area contributed by atoms with E-state index >= 15 is 0 Å². The van der Waals surface area contributed by atoms with Crippen LogP contribution in [0.5, 0.6) is 0 Å². The van der Waals surface area contributed by atoms with Gasteiger partial charge >= 0.3 is 0 Å². The molecule has 0 amide bonds. The second kappa shape index (κ2) is 6.49. The van der Waals surface area contributed by atoms with E-state index in [9.17, 15) is 0 Å². The van der Waals surface area contributed by atoms with E-state index in [1.807, 2.05) is 0 Å². The molecule has 0 aliphatic rings. The van der Waals surface area contributed by atoms with Crippen molar-refractivity contribution in [3.05, 3.63) is 0 Å². The van der Waals surface area contributed by atoms with Crippen molar-refractivity contribution in [1.29, 1.82) is 2.67 Å². The summed E-state index contributed by atoms with van der Waals surface area (Å²) < 4.78 is 18.9. The van der Waals surface area contributed by atoms with Gasteiger partial charge in [-0.05, 0) is 26.3 Å². The van der Waals surface area contributed by atoms with Crippen LogP contribution in [0.2, 0.25) is 0 Å². The smallest absolute Gasteiger partial charge is 0.117 e. The van der Waals surface area contributed by atoms with Crippen LogP contribution < -0.4 is 0 Å². The quantitative estimate of drug-likeness (QED) is 0.319. The van der Waals surface area contributed by atoms with Crippen molar-refractivity contribution in [3.63, 3.8) is 0 Å². The van der Waals surface area contributed by atoms with Gasteiger partial charge in [-0.25, -0.2) is 0 Å². The van der Waals surface area contributed by atoms with Crippen molar-refractivity contribution >= 4 is 19.8 Å². The highest BCUT2D eigenvalue weighted by molar-refractivity contribution is 7.95. The largest absolute Gasteiger partial charge is 0.316 e. The molecule has 0 aliphatic heterocycles. The predicted octanol–water partition coefficient (Wildman–Crippen LogP) is 1.29. The normalized spacial score (nSPS) is 16.2. The fourth-order valence-corrected chi connectivity index (χ4v) is 0.755. The lowest BCUT2D eigenvalue weighted by molar-refractivity contribution is 0.298. The van der Waals surface area contributed by atoms with Crippen LogP contribution >= 0.6 is 12.0 Å². The predicted molar refractivity (Wildman–Crippen MR) is 46.4 cm³/mol. The molecule has 0 saturated carbocycles. The molecule has 0 rings (SSSR count). The molecule has 0 aliphatic carbocycles. The third-order valence-electron chi connectivity index (χ3n) is 1.20. The monoisotopic (exact) mass is 149 g/mol. The molecular formula is C6H15BOS. The molecule has 3 heteroatoms. The molecule has 0 aromatic heterocycles. The molecule has 1 unspecified atom stereocenters. The maximum atomic E-state index is 6.87. The Balaban J connectivity index is 3.01. The van der Waals surface area contributed by atoms with Crippen LogP contribution in [-0.2, 0) is 4.18 Å². The van der Waals surface area contributed by atoms with E-state index in [4.69, 9.17) is 6.85 Å². The minimum absolute atomic E-state index is 0.441. The first-order valence-corrected chi connectivity index (χ1v) is 4.16. The zero-order chi connectivity index (χ0) is 8.69. The first kappa shape index (κ1) is 6.11. The van der Waals surface area contributed by atoms with Gasteiger partial charge in [0.05, 0.1) is 6.61 Å². The highest BCUT2D eigenvalue weighted by atomic mass is 32.2. The average Bonchev–Trinajstić information content (AvgIpc) is 1.97. The second-order valence-corrected chi connectivity index (χ2v) is 2.89. The lowest BCUT2D eigenvalue weighted by Gasteiger charge is -2.06. The Kier molecular flexibility index (Phi) is 4.41. The molecule has 9 heavy (non-hydrogen) atoms. The fourth-order valence-electron chi connectivity index (χ4n) is 0.330. The van der Waals surface area contributed by atoms with Gasteiger partial charge < -0.3 is 4.18 Å². The standard InChI is InChI=1S/C6H15BOS/c1-3-6(2)4-8-9-5-7/h6H,3-5,7H2,1-2H3/i7TD. The summed E-state index contributed by atoms with van der Waals surface area (Å²) in [5.74, 6) is 0.581. The van der Waals surface area contributed by atoms with E-state index in [0.717, 1.165) is 13.0 Å². The van der Waals surface area contributed by atoms with Gasteiger partial charge in [0, 0.05) is 0 Å². The molecule has 1 nitrogen and oxygen atoms in total. The molecule has 0 saturated heterocycles. The maximum absolute atomic E-state index is 6.87. The summed E-state index contributed by atoms with van der Waals surface area (Å²) in [5, 5.41) is 0. The molecule has 0 spiro atoms. The third kappa shape index (κ3) is 6.26. The molecule has 0 N–H and O–H groups in total. The second-order valence-electron chi connectivity index (χ2n) is 2.08. The first-order chi connectivity index (χ1) is 5.16. The van der Waals surface area contributed by atoms with Gasteiger partial charge in [-0.2, -0.15) is 0 Å². The zero-order valence-electron chi connectivity index (χ0n) is 8.09. The Morgan fingerprint density at radius 1 is 2.11 bits per heavy atom. The SMILES string of the molecule is [2H]B([3H])CSOCC(C)CC. The van der Waals surface area contributed by atoms with Crippen molar-refractivity contribution in [2.45, 2.75) is 20.3 Å². The van der Waals surface area contributed by atoms with Gasteiger partial charge in [-0.15, -0.1) is 0 Å². The first-order valence-electron chi connectivity index (χ1n) is 4.41. The maximum Gasteiger partial charge on any atom is 0.117 e. The van der Waals surface area contributed by atoms with E-state index < -0.39 is 7.77 Å². The molecule has 0 aromatic carbocycles. The van der Waals surface area contributed by atoms with Crippen molar-refractivity contribution in [1.82, 2.24) is 0 Å². The van der Waals surface area contributed by atoms with E-state index in [2.05, 4.69) is 13.8 Å². The lowest BCUT2D eigenvalue weighted by Crippen LogP contribution is -2.00. The Morgan fingerprint density at radius 3 is 3.44 bits per heavy atom. The minimum atomic E-state index is -0.767. The third-order valence-corrected chi connectivity index (χ3v) is 1.64. The summed E-state index contributed by atoms with van der Waals surface area (Å²) in [6.07, 6.45) is 1.12. The van der Waals surface area contributed by atoms with Crippen LogP contribution in [0.15, 0.2) is 0 Å². The van der Waals surface area contributed by atoms with E-state index in [1.165, 1.54) is 12.0 Å². The Hall–Kier alpha value is 0.375. The van der Waals surface area contributed by atoms with Gasteiger partial charge in [0.1, 0.15) is 7.77 Å². The van der Waals surface area contributed by atoms with Gasteiger partial charge in [0.25, 0.3) is 0 Å². The molecule has 0 bridgehead atoms. The van der Waals surface area contributed by atoms with Gasteiger partial charge in [-0.3, -0.25) is 0 Å². The van der Waals surface area contributed by atoms with Gasteiger partial charge in [-0.1, -0.05) is 20.3 Å². The van der Waals surface area contributed by atoms with E-state index in [-0.39, 0.29) is 0 Å². The lowest BCUT2D eigenvalue weighted by atomic mass is 10.1. The van der Waals surface area contributed by atoms with Gasteiger partial charge in [0.2, 0.25) is 0 Å². The Morgan fingerprint density at radius 2 is 2.89 bits per heavy atom. The minimum Gasteiger partial charge on any atom is -0.316 e. The summed E-state index contributed by atoms with van der Waals surface area (Å²) in [4.78, 5) is 0. The number of hydrogen-bond donors (Lipinski definition) is 0. The average molecular weight is 149 g/mol. The number of hydrogen-bond acceptors (Lipinski definition) is 2. The van der Waals surface area contributed by atoms with Crippen LogP contribution in [0.3, 0.4) is 0 Å².